The zero-order chi connectivity index (χ0) is 21.4. The second kappa shape index (κ2) is 8.09. The van der Waals surface area contributed by atoms with Gasteiger partial charge < -0.3 is 0 Å². The summed E-state index contributed by atoms with van der Waals surface area (Å²) in [6.07, 6.45) is 0.855. The number of carbonyl (C=O) groups excluding carboxylic acids is 3. The van der Waals surface area contributed by atoms with E-state index in [9.17, 15) is 14.4 Å². The van der Waals surface area contributed by atoms with E-state index in [1.54, 1.807) is 11.3 Å². The monoisotopic (exact) mass is 431 g/mol. The van der Waals surface area contributed by atoms with E-state index in [2.05, 4.69) is 28.5 Å². The standard InChI is InChI=1S/C24H21N3O3S/c28-22-23(29)27(24(30)26(22)15-17-7-3-1-4-8-17)16-25-13-11-20-19(12-14-31-20)21(25)18-9-5-2-6-10-18/h1-10,12,14,21H,11,13,15-16H2/t21-/m1/s1. The largest absolute Gasteiger partial charge is 0.335 e. The van der Waals surface area contributed by atoms with Gasteiger partial charge in [0.05, 0.1) is 19.3 Å². The maximum atomic E-state index is 13.0. The molecule has 6 nitrogen and oxygen atoms in total. The molecule has 1 aromatic heterocycles. The van der Waals surface area contributed by atoms with Crippen LogP contribution in [0, 0.1) is 0 Å². The summed E-state index contributed by atoms with van der Waals surface area (Å²) < 4.78 is 0. The number of carbonyl (C=O) groups is 3. The van der Waals surface area contributed by atoms with Gasteiger partial charge in [0.1, 0.15) is 0 Å². The van der Waals surface area contributed by atoms with Crippen LogP contribution in [0.2, 0.25) is 0 Å². The maximum Gasteiger partial charge on any atom is 0.335 e. The van der Waals surface area contributed by atoms with Crippen molar-refractivity contribution in [1.29, 1.82) is 0 Å². The van der Waals surface area contributed by atoms with Crippen LogP contribution in [0.1, 0.15) is 27.6 Å². The molecule has 0 spiro atoms. The molecule has 0 bridgehead atoms. The quantitative estimate of drug-likeness (QED) is 0.457. The Hall–Kier alpha value is -3.29. The van der Waals surface area contributed by atoms with Gasteiger partial charge in [0, 0.05) is 11.4 Å². The number of benzene rings is 2. The minimum atomic E-state index is -0.765. The number of urea groups is 1. The maximum absolute atomic E-state index is 13.0. The average Bonchev–Trinajstić information content (AvgIpc) is 3.36. The molecule has 3 aromatic rings. The normalized spacial score (nSPS) is 19.2. The third-order valence-corrected chi connectivity index (χ3v) is 6.82. The topological polar surface area (TPSA) is 60.9 Å². The molecule has 0 saturated carbocycles. The van der Waals surface area contributed by atoms with Gasteiger partial charge in [-0.3, -0.25) is 19.4 Å². The van der Waals surface area contributed by atoms with Crippen LogP contribution >= 0.6 is 11.3 Å². The van der Waals surface area contributed by atoms with Gasteiger partial charge in [-0.15, -0.1) is 11.3 Å². The van der Waals surface area contributed by atoms with Crippen molar-refractivity contribution in [3.8, 4) is 0 Å². The Kier molecular flexibility index (Phi) is 5.13. The fourth-order valence-electron chi connectivity index (χ4n) is 4.31. The number of imide groups is 2. The van der Waals surface area contributed by atoms with Crippen LogP contribution in [0.15, 0.2) is 72.1 Å². The Morgan fingerprint density at radius 1 is 0.839 bits per heavy atom. The Bertz CT molecular complexity index is 1130. The van der Waals surface area contributed by atoms with Crippen molar-refractivity contribution in [2.45, 2.75) is 19.0 Å². The van der Waals surface area contributed by atoms with E-state index in [-0.39, 0.29) is 19.3 Å². The van der Waals surface area contributed by atoms with Gasteiger partial charge in [-0.25, -0.2) is 9.69 Å². The van der Waals surface area contributed by atoms with Gasteiger partial charge in [-0.2, -0.15) is 0 Å². The molecule has 31 heavy (non-hydrogen) atoms. The molecule has 156 valence electrons. The molecule has 1 saturated heterocycles. The number of nitrogens with zero attached hydrogens (tertiary/aromatic N) is 3. The molecule has 0 N–H and O–H groups in total. The number of rotatable bonds is 5. The summed E-state index contributed by atoms with van der Waals surface area (Å²) in [5.74, 6) is -1.53. The fraction of sp³-hybridized carbons (Fsp3) is 0.208. The molecular weight excluding hydrogens is 410 g/mol. The summed E-state index contributed by atoms with van der Waals surface area (Å²) in [6.45, 7) is 0.887. The van der Waals surface area contributed by atoms with E-state index in [1.807, 2.05) is 48.5 Å². The van der Waals surface area contributed by atoms with Crippen molar-refractivity contribution in [2.24, 2.45) is 0 Å². The first-order valence-corrected chi connectivity index (χ1v) is 11.1. The molecule has 7 heteroatoms. The predicted molar refractivity (Wildman–Crippen MR) is 117 cm³/mol. The van der Waals surface area contributed by atoms with Crippen LogP contribution in [-0.4, -0.2) is 45.8 Å². The number of fused-ring (bicyclic) bond motifs is 1. The van der Waals surface area contributed by atoms with Gasteiger partial charge in [-0.1, -0.05) is 60.7 Å². The van der Waals surface area contributed by atoms with Crippen molar-refractivity contribution in [2.75, 3.05) is 13.2 Å². The molecular formula is C24H21N3O3S. The minimum Gasteiger partial charge on any atom is -0.274 e. The van der Waals surface area contributed by atoms with Crippen molar-refractivity contribution in [3.63, 3.8) is 0 Å². The van der Waals surface area contributed by atoms with Crippen LogP contribution in [0.4, 0.5) is 4.79 Å². The van der Waals surface area contributed by atoms with Crippen LogP contribution in [-0.2, 0) is 22.6 Å². The lowest BCUT2D eigenvalue weighted by Gasteiger charge is -2.37. The lowest BCUT2D eigenvalue weighted by molar-refractivity contribution is -0.144. The van der Waals surface area contributed by atoms with Crippen LogP contribution in [0.3, 0.4) is 0 Å². The highest BCUT2D eigenvalue weighted by Crippen LogP contribution is 2.38. The third kappa shape index (κ3) is 3.56. The lowest BCUT2D eigenvalue weighted by atomic mass is 9.94. The molecule has 1 atom stereocenters. The smallest absolute Gasteiger partial charge is 0.274 e. The summed E-state index contributed by atoms with van der Waals surface area (Å²) in [5, 5.41) is 2.08. The van der Waals surface area contributed by atoms with Crippen molar-refractivity contribution >= 4 is 29.2 Å². The molecule has 5 rings (SSSR count). The molecule has 3 heterocycles. The molecule has 0 aliphatic carbocycles. The zero-order valence-electron chi connectivity index (χ0n) is 16.8. The van der Waals surface area contributed by atoms with E-state index in [1.165, 1.54) is 10.4 Å². The first-order valence-electron chi connectivity index (χ1n) is 10.2. The highest BCUT2D eigenvalue weighted by molar-refractivity contribution is 7.10. The zero-order valence-corrected chi connectivity index (χ0v) is 17.6. The van der Waals surface area contributed by atoms with E-state index in [0.29, 0.717) is 6.54 Å². The number of amides is 4. The van der Waals surface area contributed by atoms with Crippen molar-refractivity contribution in [3.05, 3.63) is 93.7 Å². The SMILES string of the molecule is O=C1C(=O)N(CN2CCc3sccc3[C@H]2c2ccccc2)C(=O)N1Cc1ccccc1. The first-order chi connectivity index (χ1) is 15.1. The summed E-state index contributed by atoms with van der Waals surface area (Å²) in [6, 6.07) is 20.8. The van der Waals surface area contributed by atoms with E-state index in [4.69, 9.17) is 0 Å². The van der Waals surface area contributed by atoms with E-state index >= 15 is 0 Å². The number of hydrogen-bond donors (Lipinski definition) is 0. The fourth-order valence-corrected chi connectivity index (χ4v) is 5.21. The summed E-state index contributed by atoms with van der Waals surface area (Å²) in [7, 11) is 0. The summed E-state index contributed by atoms with van der Waals surface area (Å²) >= 11 is 1.74. The Labute approximate surface area is 184 Å². The molecule has 2 aromatic carbocycles. The van der Waals surface area contributed by atoms with Gasteiger partial charge in [-0.05, 0) is 34.6 Å². The van der Waals surface area contributed by atoms with Gasteiger partial charge in [0.2, 0.25) is 0 Å². The highest BCUT2D eigenvalue weighted by atomic mass is 32.1. The van der Waals surface area contributed by atoms with Gasteiger partial charge >= 0.3 is 17.8 Å². The van der Waals surface area contributed by atoms with Gasteiger partial charge in [0.25, 0.3) is 0 Å². The molecule has 0 unspecified atom stereocenters. The number of thiophene rings is 1. The Morgan fingerprint density at radius 2 is 1.52 bits per heavy atom. The average molecular weight is 432 g/mol. The van der Waals surface area contributed by atoms with Gasteiger partial charge in [0.15, 0.2) is 0 Å². The molecule has 0 radical (unpaired) electrons. The lowest BCUT2D eigenvalue weighted by Crippen LogP contribution is -2.46. The van der Waals surface area contributed by atoms with Crippen molar-refractivity contribution in [1.82, 2.24) is 14.7 Å². The third-order valence-electron chi connectivity index (χ3n) is 5.82. The van der Waals surface area contributed by atoms with Crippen molar-refractivity contribution < 1.29 is 14.4 Å². The molecule has 2 aliphatic heterocycles. The highest BCUT2D eigenvalue weighted by Gasteiger charge is 2.46. The minimum absolute atomic E-state index is 0.0601. The van der Waals surface area contributed by atoms with Crippen LogP contribution in [0.5, 0.6) is 0 Å². The second-order valence-corrected chi connectivity index (χ2v) is 8.71. The Balaban J connectivity index is 1.41. The molecule has 2 aliphatic rings. The van der Waals surface area contributed by atoms with E-state index in [0.717, 1.165) is 27.3 Å². The van der Waals surface area contributed by atoms with E-state index < -0.39 is 17.8 Å². The molecule has 4 amide bonds. The summed E-state index contributed by atoms with van der Waals surface area (Å²) in [4.78, 5) is 43.9. The molecule has 1 fully saturated rings. The predicted octanol–water partition coefficient (Wildman–Crippen LogP) is 3.64. The Morgan fingerprint density at radius 3 is 2.26 bits per heavy atom. The number of hydrogen-bond acceptors (Lipinski definition) is 5. The summed E-state index contributed by atoms with van der Waals surface area (Å²) in [5.41, 5.74) is 3.12. The van der Waals surface area contributed by atoms with Crippen LogP contribution in [0.25, 0.3) is 0 Å². The second-order valence-electron chi connectivity index (χ2n) is 7.71. The van der Waals surface area contributed by atoms with Crippen LogP contribution < -0.4 is 0 Å². The first kappa shape index (κ1) is 19.7.